The molecular formula is C14H19NO4S. The third-order valence-corrected chi connectivity index (χ3v) is 3.51. The van der Waals surface area contributed by atoms with E-state index in [4.69, 9.17) is 9.84 Å². The Labute approximate surface area is 122 Å². The van der Waals surface area contributed by atoms with Crippen LogP contribution in [0.3, 0.4) is 0 Å². The second-order valence-electron chi connectivity index (χ2n) is 4.46. The normalized spacial score (nSPS) is 12.2. The number of hydrogen-bond donors (Lipinski definition) is 2. The van der Waals surface area contributed by atoms with Crippen LogP contribution in [0.25, 0.3) is 0 Å². The van der Waals surface area contributed by atoms with Crippen LogP contribution in [-0.2, 0) is 9.53 Å². The van der Waals surface area contributed by atoms with Gasteiger partial charge in [-0.3, -0.25) is 4.79 Å². The molecule has 0 aliphatic rings. The summed E-state index contributed by atoms with van der Waals surface area (Å²) in [6, 6.07) is 7.21. The molecule has 1 rings (SSSR count). The van der Waals surface area contributed by atoms with Gasteiger partial charge in [0.1, 0.15) is 0 Å². The van der Waals surface area contributed by atoms with E-state index in [2.05, 4.69) is 19.2 Å². The maximum absolute atomic E-state index is 11.9. The fourth-order valence-electron chi connectivity index (χ4n) is 1.52. The lowest BCUT2D eigenvalue weighted by atomic mass is 10.2. The Kier molecular flexibility index (Phi) is 6.54. The lowest BCUT2D eigenvalue weighted by Gasteiger charge is -2.12. The Morgan fingerprint density at radius 1 is 1.30 bits per heavy atom. The van der Waals surface area contributed by atoms with E-state index in [9.17, 15) is 9.59 Å². The van der Waals surface area contributed by atoms with E-state index < -0.39 is 12.1 Å². The van der Waals surface area contributed by atoms with Crippen molar-refractivity contribution < 1.29 is 19.4 Å². The number of amides is 1. The van der Waals surface area contributed by atoms with Gasteiger partial charge >= 0.3 is 5.97 Å². The highest BCUT2D eigenvalue weighted by molar-refractivity contribution is 7.99. The van der Waals surface area contributed by atoms with Crippen molar-refractivity contribution in [1.82, 2.24) is 5.32 Å². The highest BCUT2D eigenvalue weighted by Gasteiger charge is 2.17. The SMILES string of the molecule is COC(CNC(=O)c1ccc(SC(C)C)cc1)C(=O)O. The Bertz CT molecular complexity index is 459. The minimum Gasteiger partial charge on any atom is -0.479 e. The molecule has 0 saturated carbocycles. The molecule has 1 amide bonds. The molecule has 0 saturated heterocycles. The number of hydrogen-bond acceptors (Lipinski definition) is 4. The number of carboxylic acids is 1. The number of thioether (sulfide) groups is 1. The van der Waals surface area contributed by atoms with Crippen molar-refractivity contribution in [3.63, 3.8) is 0 Å². The molecule has 2 N–H and O–H groups in total. The number of ether oxygens (including phenoxy) is 1. The van der Waals surface area contributed by atoms with E-state index in [1.54, 1.807) is 23.9 Å². The molecule has 1 unspecified atom stereocenters. The van der Waals surface area contributed by atoms with Crippen molar-refractivity contribution in [3.8, 4) is 0 Å². The number of benzene rings is 1. The number of nitrogens with one attached hydrogen (secondary N) is 1. The van der Waals surface area contributed by atoms with Crippen molar-refractivity contribution in [2.45, 2.75) is 30.1 Å². The van der Waals surface area contributed by atoms with Gasteiger partial charge in [0.25, 0.3) is 5.91 Å². The van der Waals surface area contributed by atoms with E-state index in [0.717, 1.165) is 4.90 Å². The summed E-state index contributed by atoms with van der Waals surface area (Å²) in [5.74, 6) is -1.41. The van der Waals surface area contributed by atoms with Crippen LogP contribution in [0.1, 0.15) is 24.2 Å². The highest BCUT2D eigenvalue weighted by Crippen LogP contribution is 2.22. The van der Waals surface area contributed by atoms with Gasteiger partial charge in [0.05, 0.1) is 6.54 Å². The van der Waals surface area contributed by atoms with Crippen LogP contribution in [0.5, 0.6) is 0 Å². The first kappa shape index (κ1) is 16.5. The predicted octanol–water partition coefficient (Wildman–Crippen LogP) is 2.02. The molecule has 0 fully saturated rings. The average molecular weight is 297 g/mol. The van der Waals surface area contributed by atoms with Crippen molar-refractivity contribution >= 4 is 23.6 Å². The minimum absolute atomic E-state index is 0.0623. The van der Waals surface area contributed by atoms with Crippen LogP contribution in [0, 0.1) is 0 Å². The fraction of sp³-hybridized carbons (Fsp3) is 0.429. The molecule has 5 nitrogen and oxygen atoms in total. The number of carbonyl (C=O) groups is 2. The van der Waals surface area contributed by atoms with Crippen LogP contribution in [0.15, 0.2) is 29.2 Å². The zero-order valence-corrected chi connectivity index (χ0v) is 12.6. The second-order valence-corrected chi connectivity index (χ2v) is 6.11. The maximum Gasteiger partial charge on any atom is 0.334 e. The molecule has 0 aliphatic heterocycles. The number of methoxy groups -OCH3 is 1. The van der Waals surface area contributed by atoms with Gasteiger partial charge in [-0.2, -0.15) is 0 Å². The van der Waals surface area contributed by atoms with E-state index in [0.29, 0.717) is 10.8 Å². The summed E-state index contributed by atoms with van der Waals surface area (Å²) >= 11 is 1.72. The van der Waals surface area contributed by atoms with Gasteiger partial charge in [0, 0.05) is 22.8 Å². The lowest BCUT2D eigenvalue weighted by Crippen LogP contribution is -2.37. The molecule has 6 heteroatoms. The Morgan fingerprint density at radius 2 is 1.90 bits per heavy atom. The van der Waals surface area contributed by atoms with Crippen LogP contribution < -0.4 is 5.32 Å². The predicted molar refractivity (Wildman–Crippen MR) is 78.2 cm³/mol. The fourth-order valence-corrected chi connectivity index (χ4v) is 2.35. The van der Waals surface area contributed by atoms with Crippen LogP contribution in [-0.4, -0.2) is 42.0 Å². The van der Waals surface area contributed by atoms with Gasteiger partial charge in [0.15, 0.2) is 6.10 Å². The van der Waals surface area contributed by atoms with Gasteiger partial charge < -0.3 is 15.2 Å². The zero-order valence-electron chi connectivity index (χ0n) is 11.8. The molecule has 1 aromatic carbocycles. The number of carboxylic acid groups (broad SMARTS) is 1. The molecule has 0 bridgehead atoms. The van der Waals surface area contributed by atoms with Crippen molar-refractivity contribution in [3.05, 3.63) is 29.8 Å². The third kappa shape index (κ3) is 5.22. The standard InChI is InChI=1S/C14H19NO4S/c1-9(2)20-11-6-4-10(5-7-11)13(16)15-8-12(19-3)14(17)18/h4-7,9,12H,8H2,1-3H3,(H,15,16)(H,17,18). The minimum atomic E-state index is -1.10. The van der Waals surface area contributed by atoms with Crippen molar-refractivity contribution in [2.24, 2.45) is 0 Å². The molecule has 1 aromatic rings. The zero-order chi connectivity index (χ0) is 15.1. The highest BCUT2D eigenvalue weighted by atomic mass is 32.2. The molecule has 20 heavy (non-hydrogen) atoms. The number of rotatable bonds is 7. The topological polar surface area (TPSA) is 75.6 Å². The Hall–Kier alpha value is -1.53. The van der Waals surface area contributed by atoms with Gasteiger partial charge in [0.2, 0.25) is 0 Å². The van der Waals surface area contributed by atoms with Gasteiger partial charge in [-0.15, -0.1) is 11.8 Å². The molecule has 1 atom stereocenters. The summed E-state index contributed by atoms with van der Waals surface area (Å²) in [4.78, 5) is 23.7. The molecule has 110 valence electrons. The van der Waals surface area contributed by atoms with Gasteiger partial charge in [-0.05, 0) is 24.3 Å². The second kappa shape index (κ2) is 7.91. The van der Waals surface area contributed by atoms with E-state index >= 15 is 0 Å². The molecular weight excluding hydrogens is 278 g/mol. The average Bonchev–Trinajstić information content (AvgIpc) is 2.39. The van der Waals surface area contributed by atoms with Crippen molar-refractivity contribution in [2.75, 3.05) is 13.7 Å². The van der Waals surface area contributed by atoms with Crippen LogP contribution in [0.4, 0.5) is 0 Å². The Balaban J connectivity index is 2.57. The smallest absolute Gasteiger partial charge is 0.334 e. The molecule has 0 aromatic heterocycles. The summed E-state index contributed by atoms with van der Waals surface area (Å²) in [7, 11) is 1.29. The number of aliphatic carboxylic acids is 1. The van der Waals surface area contributed by atoms with E-state index in [1.807, 2.05) is 12.1 Å². The molecule has 0 heterocycles. The summed E-state index contributed by atoms with van der Waals surface area (Å²) in [6.07, 6.45) is -1.03. The Morgan fingerprint density at radius 3 is 2.35 bits per heavy atom. The summed E-state index contributed by atoms with van der Waals surface area (Å²) in [5, 5.41) is 11.8. The molecule has 0 radical (unpaired) electrons. The first-order valence-corrected chi connectivity index (χ1v) is 7.12. The van der Waals surface area contributed by atoms with Crippen LogP contribution in [0.2, 0.25) is 0 Å². The summed E-state index contributed by atoms with van der Waals surface area (Å²) < 4.78 is 4.74. The number of carbonyl (C=O) groups excluding carboxylic acids is 1. The summed E-state index contributed by atoms with van der Waals surface area (Å²) in [5.41, 5.74) is 0.498. The largest absolute Gasteiger partial charge is 0.479 e. The van der Waals surface area contributed by atoms with Gasteiger partial charge in [-0.25, -0.2) is 4.79 Å². The van der Waals surface area contributed by atoms with Crippen LogP contribution >= 0.6 is 11.8 Å². The van der Waals surface area contributed by atoms with E-state index in [1.165, 1.54) is 7.11 Å². The van der Waals surface area contributed by atoms with Crippen molar-refractivity contribution in [1.29, 1.82) is 0 Å². The monoisotopic (exact) mass is 297 g/mol. The van der Waals surface area contributed by atoms with Gasteiger partial charge in [-0.1, -0.05) is 13.8 Å². The van der Waals surface area contributed by atoms with E-state index in [-0.39, 0.29) is 12.5 Å². The summed E-state index contributed by atoms with van der Waals surface area (Å²) in [6.45, 7) is 4.14. The first-order chi connectivity index (χ1) is 9.43. The lowest BCUT2D eigenvalue weighted by molar-refractivity contribution is -0.148. The quantitative estimate of drug-likeness (QED) is 0.753. The maximum atomic E-state index is 11.9. The molecule has 0 aliphatic carbocycles. The molecule has 0 spiro atoms. The third-order valence-electron chi connectivity index (χ3n) is 2.50. The first-order valence-electron chi connectivity index (χ1n) is 6.24.